The molecule has 1 aromatic carbocycles. The van der Waals surface area contributed by atoms with E-state index < -0.39 is 17.8 Å². The van der Waals surface area contributed by atoms with Crippen molar-refractivity contribution < 1.29 is 4.79 Å². The summed E-state index contributed by atoms with van der Waals surface area (Å²) < 4.78 is 1.67. The van der Waals surface area contributed by atoms with Gasteiger partial charge in [-0.15, -0.1) is 0 Å². The summed E-state index contributed by atoms with van der Waals surface area (Å²) in [5.74, 6) is 0.813. The van der Waals surface area contributed by atoms with Crippen molar-refractivity contribution in [1.82, 2.24) is 30.3 Å². The highest BCUT2D eigenvalue weighted by Gasteiger charge is 2.19. The number of benzene rings is 1. The van der Waals surface area contributed by atoms with Gasteiger partial charge in [0, 0.05) is 25.2 Å². The number of nitrogens with one attached hydrogen (secondary N) is 4. The van der Waals surface area contributed by atoms with E-state index in [1.165, 1.54) is 0 Å². The Kier molecular flexibility index (Phi) is 4.64. The predicted octanol–water partition coefficient (Wildman–Crippen LogP) is 1.25. The summed E-state index contributed by atoms with van der Waals surface area (Å²) in [5, 5.41) is 15.9. The average molecular weight is 341 g/mol. The number of aromatic amines is 2. The van der Waals surface area contributed by atoms with Crippen molar-refractivity contribution in [1.29, 1.82) is 0 Å². The Morgan fingerprint density at radius 3 is 2.68 bits per heavy atom. The third-order valence-electron chi connectivity index (χ3n) is 3.79. The number of urea groups is 1. The fourth-order valence-electron chi connectivity index (χ4n) is 2.45. The molecule has 0 bridgehead atoms. The molecule has 0 fully saturated rings. The highest BCUT2D eigenvalue weighted by atomic mass is 16.2. The van der Waals surface area contributed by atoms with Gasteiger partial charge in [0.25, 0.3) is 0 Å². The van der Waals surface area contributed by atoms with Crippen LogP contribution in [0.1, 0.15) is 23.1 Å². The molecule has 0 saturated carbocycles. The molecule has 2 aromatic heterocycles. The van der Waals surface area contributed by atoms with Crippen LogP contribution in [-0.4, -0.2) is 31.0 Å². The number of hydrogen-bond acceptors (Lipinski definition) is 4. The van der Waals surface area contributed by atoms with Crippen LogP contribution < -0.4 is 16.3 Å². The van der Waals surface area contributed by atoms with Crippen molar-refractivity contribution in [3.8, 4) is 0 Å². The van der Waals surface area contributed by atoms with E-state index in [1.807, 2.05) is 37.3 Å². The van der Waals surface area contributed by atoms with Crippen LogP contribution in [0.25, 0.3) is 0 Å². The minimum Gasteiger partial charge on any atom is -0.327 e. The standard InChI is InChI=1S/C16H19N7O2/c1-10-8-13(22-23(10)2)18-15(24)17-12(14-19-16(25)21-20-14)9-11-6-4-3-5-7-11/h3-8,12H,9H2,1-2H3,(H2,17,18,22,24)(H2,19,20,21,25)/t12-/m0/s1. The fraction of sp³-hybridized carbons (Fsp3) is 0.250. The molecule has 3 aromatic rings. The number of nitrogens with zero attached hydrogens (tertiary/aromatic N) is 3. The molecule has 2 heterocycles. The van der Waals surface area contributed by atoms with Gasteiger partial charge in [-0.3, -0.25) is 15.0 Å². The molecule has 4 N–H and O–H groups in total. The third kappa shape index (κ3) is 4.14. The van der Waals surface area contributed by atoms with E-state index in [4.69, 9.17) is 0 Å². The molecule has 0 aliphatic heterocycles. The first-order valence-corrected chi connectivity index (χ1v) is 7.78. The molecular formula is C16H19N7O2. The molecule has 0 aliphatic rings. The van der Waals surface area contributed by atoms with Gasteiger partial charge in [-0.2, -0.15) is 10.2 Å². The lowest BCUT2D eigenvalue weighted by atomic mass is 10.1. The molecule has 9 heteroatoms. The zero-order valence-electron chi connectivity index (χ0n) is 13.9. The monoisotopic (exact) mass is 341 g/mol. The summed E-state index contributed by atoms with van der Waals surface area (Å²) in [6.07, 6.45) is 0.482. The SMILES string of the molecule is Cc1cc(NC(=O)N[C@@H](Cc2ccccc2)c2n[nH]c(=O)[nH]2)nn1C. The molecule has 0 unspecified atom stereocenters. The largest absolute Gasteiger partial charge is 0.340 e. The predicted molar refractivity (Wildman–Crippen MR) is 92.2 cm³/mol. The van der Waals surface area contributed by atoms with E-state index in [2.05, 4.69) is 30.9 Å². The van der Waals surface area contributed by atoms with Crippen LogP contribution in [0, 0.1) is 6.92 Å². The van der Waals surface area contributed by atoms with Crippen LogP contribution in [-0.2, 0) is 13.5 Å². The smallest absolute Gasteiger partial charge is 0.327 e. The van der Waals surface area contributed by atoms with Gasteiger partial charge in [-0.25, -0.2) is 14.7 Å². The number of anilines is 1. The van der Waals surface area contributed by atoms with Crippen molar-refractivity contribution in [2.24, 2.45) is 7.05 Å². The second-order valence-electron chi connectivity index (χ2n) is 5.70. The average Bonchev–Trinajstić information content (AvgIpc) is 3.13. The first kappa shape index (κ1) is 16.5. The van der Waals surface area contributed by atoms with Crippen molar-refractivity contribution >= 4 is 11.8 Å². The molecule has 2 amide bonds. The quantitative estimate of drug-likeness (QED) is 0.558. The first-order valence-electron chi connectivity index (χ1n) is 7.78. The summed E-state index contributed by atoms with van der Waals surface area (Å²) in [4.78, 5) is 26.3. The van der Waals surface area contributed by atoms with Crippen molar-refractivity contribution in [3.05, 3.63) is 64.0 Å². The zero-order chi connectivity index (χ0) is 17.8. The molecule has 0 aliphatic carbocycles. The minimum atomic E-state index is -0.494. The van der Waals surface area contributed by atoms with E-state index in [9.17, 15) is 9.59 Å². The van der Waals surface area contributed by atoms with E-state index in [-0.39, 0.29) is 0 Å². The van der Waals surface area contributed by atoms with Gasteiger partial charge >= 0.3 is 11.7 Å². The lowest BCUT2D eigenvalue weighted by Crippen LogP contribution is -2.34. The van der Waals surface area contributed by atoms with Crippen LogP contribution in [0.3, 0.4) is 0 Å². The molecule has 9 nitrogen and oxygen atoms in total. The molecule has 0 radical (unpaired) electrons. The lowest BCUT2D eigenvalue weighted by molar-refractivity contribution is 0.248. The minimum absolute atomic E-state index is 0.362. The Morgan fingerprint density at radius 1 is 1.32 bits per heavy atom. The van der Waals surface area contributed by atoms with E-state index in [1.54, 1.807) is 17.8 Å². The molecular weight excluding hydrogens is 322 g/mol. The van der Waals surface area contributed by atoms with Gasteiger partial charge in [0.15, 0.2) is 11.6 Å². The summed E-state index contributed by atoms with van der Waals surface area (Å²) in [6, 6.07) is 10.5. The van der Waals surface area contributed by atoms with Gasteiger partial charge < -0.3 is 5.32 Å². The normalized spacial score (nSPS) is 11.9. The Morgan fingerprint density at radius 2 is 2.08 bits per heavy atom. The number of carbonyl (C=O) groups excluding carboxylic acids is 1. The second-order valence-corrected chi connectivity index (χ2v) is 5.70. The van der Waals surface area contributed by atoms with Gasteiger partial charge in [0.2, 0.25) is 0 Å². The highest BCUT2D eigenvalue weighted by Crippen LogP contribution is 2.14. The van der Waals surface area contributed by atoms with Crippen LogP contribution in [0.5, 0.6) is 0 Å². The van der Waals surface area contributed by atoms with E-state index in [0.717, 1.165) is 11.3 Å². The van der Waals surface area contributed by atoms with E-state index in [0.29, 0.717) is 18.1 Å². The lowest BCUT2D eigenvalue weighted by Gasteiger charge is -2.16. The van der Waals surface area contributed by atoms with E-state index >= 15 is 0 Å². The molecule has 0 spiro atoms. The Hall–Kier alpha value is -3.36. The zero-order valence-corrected chi connectivity index (χ0v) is 13.9. The Bertz CT molecular complexity index is 890. The van der Waals surface area contributed by atoms with Crippen LogP contribution in [0.4, 0.5) is 10.6 Å². The summed E-state index contributed by atoms with van der Waals surface area (Å²) in [5.41, 5.74) is 1.51. The van der Waals surface area contributed by atoms with Gasteiger partial charge in [-0.1, -0.05) is 30.3 Å². The summed E-state index contributed by atoms with van der Waals surface area (Å²) in [6.45, 7) is 1.89. The number of rotatable bonds is 5. The molecule has 3 rings (SSSR count). The van der Waals surface area contributed by atoms with Crippen molar-refractivity contribution in [3.63, 3.8) is 0 Å². The second kappa shape index (κ2) is 7.04. The number of H-pyrrole nitrogens is 2. The number of aromatic nitrogens is 5. The third-order valence-corrected chi connectivity index (χ3v) is 3.79. The maximum absolute atomic E-state index is 12.3. The molecule has 130 valence electrons. The van der Waals surface area contributed by atoms with Crippen LogP contribution >= 0.6 is 0 Å². The Balaban J connectivity index is 1.74. The van der Waals surface area contributed by atoms with Gasteiger partial charge in [0.05, 0.1) is 6.04 Å². The van der Waals surface area contributed by atoms with Crippen LogP contribution in [0.2, 0.25) is 0 Å². The number of amides is 2. The number of aryl methyl sites for hydroxylation is 2. The van der Waals surface area contributed by atoms with Gasteiger partial charge in [-0.05, 0) is 12.5 Å². The number of hydrogen-bond donors (Lipinski definition) is 4. The highest BCUT2D eigenvalue weighted by molar-refractivity contribution is 5.88. The van der Waals surface area contributed by atoms with Crippen molar-refractivity contribution in [2.75, 3.05) is 5.32 Å². The topological polar surface area (TPSA) is 120 Å². The molecule has 0 saturated heterocycles. The molecule has 25 heavy (non-hydrogen) atoms. The number of carbonyl (C=O) groups is 1. The van der Waals surface area contributed by atoms with Crippen molar-refractivity contribution in [2.45, 2.75) is 19.4 Å². The fourth-order valence-corrected chi connectivity index (χ4v) is 2.45. The molecule has 1 atom stereocenters. The summed E-state index contributed by atoms with van der Waals surface area (Å²) in [7, 11) is 1.80. The first-order chi connectivity index (χ1) is 12.0. The van der Waals surface area contributed by atoms with Crippen LogP contribution in [0.15, 0.2) is 41.2 Å². The summed E-state index contributed by atoms with van der Waals surface area (Å²) >= 11 is 0. The maximum Gasteiger partial charge on any atom is 0.340 e. The maximum atomic E-state index is 12.3. The van der Waals surface area contributed by atoms with Gasteiger partial charge in [0.1, 0.15) is 0 Å². The Labute approximate surface area is 143 Å².